The highest BCUT2D eigenvalue weighted by Gasteiger charge is 2.27. The van der Waals surface area contributed by atoms with Gasteiger partial charge in [0.2, 0.25) is 0 Å². The highest BCUT2D eigenvalue weighted by Crippen LogP contribution is 2.46. The molecule has 0 aliphatic heterocycles. The van der Waals surface area contributed by atoms with E-state index in [4.69, 9.17) is 10.2 Å². The Labute approximate surface area is 166 Å². The molecule has 0 radical (unpaired) electrons. The Morgan fingerprint density at radius 2 is 0.821 bits per heavy atom. The number of nitrogens with one attached hydrogen (secondary N) is 1. The Bertz CT molecular complexity index is 1000. The van der Waals surface area contributed by atoms with Crippen LogP contribution in [0.5, 0.6) is 0 Å². The quantitative estimate of drug-likeness (QED) is 0.287. The number of amidine groups is 1. The highest BCUT2D eigenvalue weighted by molar-refractivity contribution is 7.87. The summed E-state index contributed by atoms with van der Waals surface area (Å²) in [6.07, 6.45) is 0. The summed E-state index contributed by atoms with van der Waals surface area (Å²) >= 11 is 0. The fourth-order valence-corrected chi connectivity index (χ4v) is 6.82. The summed E-state index contributed by atoms with van der Waals surface area (Å²) in [6, 6.07) is 41.0. The standard InChI is InChI=1S/C25H21N2P/c26-25(21-13-5-1-6-14-21)27-28(22-15-7-2-8-16-22,23-17-9-3-10-18-23)24-19-11-4-12-20-24/h1-20,26H. The fourth-order valence-electron chi connectivity index (χ4n) is 3.36. The van der Waals surface area contributed by atoms with E-state index >= 15 is 0 Å². The lowest BCUT2D eigenvalue weighted by Crippen LogP contribution is -2.26. The van der Waals surface area contributed by atoms with Gasteiger partial charge in [0.1, 0.15) is 0 Å². The largest absolute Gasteiger partial charge is 0.282 e. The maximum Gasteiger partial charge on any atom is 0.151 e. The molecule has 0 saturated heterocycles. The zero-order chi connectivity index (χ0) is 19.2. The Morgan fingerprint density at radius 1 is 0.500 bits per heavy atom. The third kappa shape index (κ3) is 3.47. The van der Waals surface area contributed by atoms with E-state index in [9.17, 15) is 0 Å². The average Bonchev–Trinajstić information content (AvgIpc) is 2.80. The molecule has 28 heavy (non-hydrogen) atoms. The lowest BCUT2D eigenvalue weighted by Gasteiger charge is -2.27. The van der Waals surface area contributed by atoms with Crippen LogP contribution in [0.1, 0.15) is 5.56 Å². The summed E-state index contributed by atoms with van der Waals surface area (Å²) in [7, 11) is -2.37. The van der Waals surface area contributed by atoms with E-state index in [1.807, 2.05) is 48.5 Å². The van der Waals surface area contributed by atoms with Crippen molar-refractivity contribution in [2.45, 2.75) is 0 Å². The molecule has 0 fully saturated rings. The van der Waals surface area contributed by atoms with Crippen molar-refractivity contribution in [3.8, 4) is 0 Å². The molecule has 4 aromatic rings. The molecule has 3 heteroatoms. The molecule has 4 aromatic carbocycles. The van der Waals surface area contributed by atoms with Crippen molar-refractivity contribution in [1.82, 2.24) is 0 Å². The number of hydrogen-bond acceptors (Lipinski definition) is 1. The van der Waals surface area contributed by atoms with Gasteiger partial charge in [0.15, 0.2) is 5.84 Å². The van der Waals surface area contributed by atoms with Gasteiger partial charge in [-0.25, -0.2) is 4.74 Å². The second-order valence-electron chi connectivity index (χ2n) is 6.46. The van der Waals surface area contributed by atoms with Crippen LogP contribution in [0, 0.1) is 5.41 Å². The van der Waals surface area contributed by atoms with E-state index in [0.717, 1.165) is 21.5 Å². The van der Waals surface area contributed by atoms with Gasteiger partial charge in [-0.1, -0.05) is 121 Å². The van der Waals surface area contributed by atoms with Crippen LogP contribution in [0.3, 0.4) is 0 Å². The van der Waals surface area contributed by atoms with Gasteiger partial charge in [-0.3, -0.25) is 5.41 Å². The third-order valence-corrected chi connectivity index (χ3v) is 8.32. The van der Waals surface area contributed by atoms with Crippen LogP contribution >= 0.6 is 7.05 Å². The Balaban J connectivity index is 2.07. The van der Waals surface area contributed by atoms with Crippen molar-refractivity contribution in [3.63, 3.8) is 0 Å². The molecule has 1 N–H and O–H groups in total. The SMILES string of the molecule is N=C(N=P(c1ccccc1)(c1ccccc1)c1ccccc1)c1ccccc1. The molecule has 0 unspecified atom stereocenters. The fraction of sp³-hybridized carbons (Fsp3) is 0. The summed E-state index contributed by atoms with van der Waals surface area (Å²) < 4.78 is 5.18. The van der Waals surface area contributed by atoms with Crippen LogP contribution in [0.4, 0.5) is 0 Å². The van der Waals surface area contributed by atoms with Gasteiger partial charge >= 0.3 is 0 Å². The molecule has 2 nitrogen and oxygen atoms in total. The van der Waals surface area contributed by atoms with Crippen molar-refractivity contribution in [2.75, 3.05) is 0 Å². The van der Waals surface area contributed by atoms with E-state index in [0.29, 0.717) is 5.84 Å². The van der Waals surface area contributed by atoms with E-state index in [1.165, 1.54) is 0 Å². The summed E-state index contributed by atoms with van der Waals surface area (Å²) in [5.41, 5.74) is 0.828. The lowest BCUT2D eigenvalue weighted by atomic mass is 10.2. The molecule has 0 bridgehead atoms. The maximum absolute atomic E-state index is 8.79. The van der Waals surface area contributed by atoms with Gasteiger partial charge in [0, 0.05) is 21.5 Å². The third-order valence-electron chi connectivity index (χ3n) is 4.69. The molecule has 0 aromatic heterocycles. The van der Waals surface area contributed by atoms with Crippen LogP contribution in [0.15, 0.2) is 126 Å². The zero-order valence-electron chi connectivity index (χ0n) is 15.4. The normalized spacial score (nSPS) is 11.0. The van der Waals surface area contributed by atoms with Crippen LogP contribution in [-0.4, -0.2) is 5.84 Å². The van der Waals surface area contributed by atoms with Gasteiger partial charge in [0.05, 0.1) is 7.05 Å². The maximum atomic E-state index is 8.79. The molecule has 0 saturated carbocycles. The molecule has 136 valence electrons. The second-order valence-corrected chi connectivity index (χ2v) is 9.48. The van der Waals surface area contributed by atoms with E-state index in [1.54, 1.807) is 0 Å². The van der Waals surface area contributed by atoms with Crippen molar-refractivity contribution in [3.05, 3.63) is 127 Å². The van der Waals surface area contributed by atoms with E-state index in [2.05, 4.69) is 72.8 Å². The number of nitrogens with zero attached hydrogens (tertiary/aromatic N) is 1. The predicted octanol–water partition coefficient (Wildman–Crippen LogP) is 5.19. The minimum Gasteiger partial charge on any atom is -0.282 e. The van der Waals surface area contributed by atoms with Crippen molar-refractivity contribution < 1.29 is 0 Å². The first-order valence-corrected chi connectivity index (χ1v) is 11.0. The van der Waals surface area contributed by atoms with Gasteiger partial charge in [-0.15, -0.1) is 0 Å². The minimum absolute atomic E-state index is 0.311. The molecular weight excluding hydrogens is 359 g/mol. The topological polar surface area (TPSA) is 36.2 Å². The van der Waals surface area contributed by atoms with E-state index < -0.39 is 7.05 Å². The highest BCUT2D eigenvalue weighted by atomic mass is 31.2. The molecule has 0 heterocycles. The van der Waals surface area contributed by atoms with Gasteiger partial charge in [0.25, 0.3) is 0 Å². The number of benzene rings is 4. The van der Waals surface area contributed by atoms with Crippen LogP contribution in [0.2, 0.25) is 0 Å². The molecule has 0 amide bonds. The first kappa shape index (κ1) is 18.2. The Morgan fingerprint density at radius 3 is 1.18 bits per heavy atom. The van der Waals surface area contributed by atoms with E-state index in [-0.39, 0.29) is 0 Å². The minimum atomic E-state index is -2.37. The molecule has 0 aliphatic carbocycles. The van der Waals surface area contributed by atoms with Gasteiger partial charge < -0.3 is 0 Å². The molecular formula is C25H21N2P. The molecule has 0 spiro atoms. The number of rotatable bonds is 4. The smallest absolute Gasteiger partial charge is 0.151 e. The molecule has 0 aliphatic rings. The van der Waals surface area contributed by atoms with Gasteiger partial charge in [-0.05, 0) is 0 Å². The molecule has 0 atom stereocenters. The summed E-state index contributed by atoms with van der Waals surface area (Å²) in [6.45, 7) is 0. The van der Waals surface area contributed by atoms with Crippen molar-refractivity contribution in [2.24, 2.45) is 4.74 Å². The zero-order valence-corrected chi connectivity index (χ0v) is 16.3. The van der Waals surface area contributed by atoms with Crippen molar-refractivity contribution >= 4 is 28.8 Å². The van der Waals surface area contributed by atoms with Gasteiger partial charge in [-0.2, -0.15) is 0 Å². The average molecular weight is 380 g/mol. The van der Waals surface area contributed by atoms with Crippen molar-refractivity contribution in [1.29, 1.82) is 5.41 Å². The Hall–Kier alpha value is -3.22. The second kappa shape index (κ2) is 8.21. The number of hydrogen-bond donors (Lipinski definition) is 1. The summed E-state index contributed by atoms with van der Waals surface area (Å²) in [5.74, 6) is 0.311. The molecule has 4 rings (SSSR count). The van der Waals surface area contributed by atoms with Crippen LogP contribution in [-0.2, 0) is 0 Å². The lowest BCUT2D eigenvalue weighted by molar-refractivity contribution is 1.43. The predicted molar refractivity (Wildman–Crippen MR) is 121 cm³/mol. The Kier molecular flexibility index (Phi) is 5.32. The summed E-state index contributed by atoms with van der Waals surface area (Å²) in [5, 5.41) is 12.2. The first-order valence-electron chi connectivity index (χ1n) is 9.24. The summed E-state index contributed by atoms with van der Waals surface area (Å²) in [4.78, 5) is 0. The van der Waals surface area contributed by atoms with Crippen LogP contribution < -0.4 is 15.9 Å². The first-order chi connectivity index (χ1) is 13.8. The monoisotopic (exact) mass is 380 g/mol. The van der Waals surface area contributed by atoms with Crippen LogP contribution in [0.25, 0.3) is 0 Å².